The number of rotatable bonds is 7. The summed E-state index contributed by atoms with van der Waals surface area (Å²) in [6, 6.07) is 14.8. The van der Waals surface area contributed by atoms with Crippen LogP contribution in [0.2, 0.25) is 0 Å². The van der Waals surface area contributed by atoms with E-state index in [1.807, 2.05) is 25.1 Å². The van der Waals surface area contributed by atoms with Gasteiger partial charge in [-0.2, -0.15) is 0 Å². The van der Waals surface area contributed by atoms with Gasteiger partial charge in [-0.3, -0.25) is 9.10 Å². The molecule has 0 fully saturated rings. The molecule has 0 N–H and O–H groups in total. The van der Waals surface area contributed by atoms with E-state index >= 15 is 0 Å². The number of hydrogen-bond donors (Lipinski definition) is 0. The molecule has 0 spiro atoms. The summed E-state index contributed by atoms with van der Waals surface area (Å²) < 4.78 is 31.4. The highest BCUT2D eigenvalue weighted by Crippen LogP contribution is 2.23. The molecular weight excluding hydrogens is 376 g/mol. The lowest BCUT2D eigenvalue weighted by atomic mass is 10.00. The highest BCUT2D eigenvalue weighted by Gasteiger charge is 2.26. The van der Waals surface area contributed by atoms with Crippen molar-refractivity contribution in [1.29, 1.82) is 0 Å². The van der Waals surface area contributed by atoms with Crippen LogP contribution in [0.3, 0.4) is 0 Å². The zero-order valence-electron chi connectivity index (χ0n) is 16.3. The zero-order valence-corrected chi connectivity index (χ0v) is 17.1. The van der Waals surface area contributed by atoms with E-state index in [1.54, 1.807) is 29.2 Å². The first kappa shape index (κ1) is 20.2. The summed E-state index contributed by atoms with van der Waals surface area (Å²) in [5.74, 6) is 0.476. The molecule has 1 aliphatic rings. The fourth-order valence-corrected chi connectivity index (χ4v) is 4.11. The minimum absolute atomic E-state index is 0.203. The zero-order chi connectivity index (χ0) is 20.1. The number of sulfonamides is 1. The number of ether oxygens (including phenoxy) is 1. The van der Waals surface area contributed by atoms with Gasteiger partial charge in [0.25, 0.3) is 0 Å². The predicted molar refractivity (Wildman–Crippen MR) is 110 cm³/mol. The van der Waals surface area contributed by atoms with Gasteiger partial charge in [-0.25, -0.2) is 8.42 Å². The van der Waals surface area contributed by atoms with Gasteiger partial charge in [0.05, 0.1) is 18.6 Å². The Kier molecular flexibility index (Phi) is 6.24. The number of fused-ring (bicyclic) bond motifs is 1. The molecule has 0 saturated carbocycles. The van der Waals surface area contributed by atoms with Crippen LogP contribution in [0.25, 0.3) is 0 Å². The Morgan fingerprint density at radius 2 is 1.79 bits per heavy atom. The van der Waals surface area contributed by atoms with E-state index < -0.39 is 10.0 Å². The van der Waals surface area contributed by atoms with Gasteiger partial charge in [-0.05, 0) is 48.2 Å². The standard InChI is InChI=1S/C21H26N2O4S/c1-3-14-27-20-10-8-19(9-11-20)23(28(2,25)26)16-21(24)22-13-12-17-6-4-5-7-18(17)15-22/h4-11H,3,12-16H2,1-2H3. The average molecular weight is 403 g/mol. The molecule has 0 radical (unpaired) electrons. The van der Waals surface area contributed by atoms with Crippen LogP contribution in [0.15, 0.2) is 48.5 Å². The van der Waals surface area contributed by atoms with Gasteiger partial charge in [0.2, 0.25) is 15.9 Å². The third-order valence-corrected chi connectivity index (χ3v) is 5.90. The summed E-state index contributed by atoms with van der Waals surface area (Å²) in [5.41, 5.74) is 2.82. The van der Waals surface area contributed by atoms with Crippen LogP contribution in [-0.4, -0.2) is 45.2 Å². The van der Waals surface area contributed by atoms with Crippen LogP contribution in [0.1, 0.15) is 24.5 Å². The molecule has 1 aliphatic heterocycles. The van der Waals surface area contributed by atoms with Gasteiger partial charge in [0.1, 0.15) is 12.3 Å². The number of hydrogen-bond acceptors (Lipinski definition) is 4. The first-order chi connectivity index (χ1) is 13.4. The molecule has 2 aromatic carbocycles. The van der Waals surface area contributed by atoms with Crippen LogP contribution in [0.4, 0.5) is 5.69 Å². The summed E-state index contributed by atoms with van der Waals surface area (Å²) in [6.07, 6.45) is 2.79. The van der Waals surface area contributed by atoms with Gasteiger partial charge in [-0.15, -0.1) is 0 Å². The van der Waals surface area contributed by atoms with E-state index in [-0.39, 0.29) is 12.5 Å². The maximum atomic E-state index is 12.8. The Bertz CT molecular complexity index is 926. The molecule has 1 amide bonds. The van der Waals surface area contributed by atoms with Gasteiger partial charge in [0.15, 0.2) is 0 Å². The summed E-state index contributed by atoms with van der Waals surface area (Å²) in [5, 5.41) is 0. The normalized spacial score (nSPS) is 13.7. The van der Waals surface area contributed by atoms with Crippen LogP contribution in [0, 0.1) is 0 Å². The SMILES string of the molecule is CCCOc1ccc(N(CC(=O)N2CCc3ccccc3C2)S(C)(=O)=O)cc1. The summed E-state index contributed by atoms with van der Waals surface area (Å²) in [7, 11) is -3.60. The van der Waals surface area contributed by atoms with E-state index in [0.29, 0.717) is 31.1 Å². The first-order valence-electron chi connectivity index (χ1n) is 9.43. The molecular formula is C21H26N2O4S. The van der Waals surface area contributed by atoms with Crippen molar-refractivity contribution in [3.8, 4) is 5.75 Å². The van der Waals surface area contributed by atoms with Crippen LogP contribution in [-0.2, 0) is 27.8 Å². The fourth-order valence-electron chi connectivity index (χ4n) is 3.26. The average Bonchev–Trinajstić information content (AvgIpc) is 2.69. The van der Waals surface area contributed by atoms with Crippen molar-refractivity contribution in [2.45, 2.75) is 26.3 Å². The van der Waals surface area contributed by atoms with Crippen molar-refractivity contribution in [1.82, 2.24) is 4.90 Å². The Labute approximate surface area is 166 Å². The molecule has 6 nitrogen and oxygen atoms in total. The maximum Gasteiger partial charge on any atom is 0.243 e. The number of amides is 1. The van der Waals surface area contributed by atoms with E-state index in [1.165, 1.54) is 5.56 Å². The molecule has 0 unspecified atom stereocenters. The summed E-state index contributed by atoms with van der Waals surface area (Å²) in [6.45, 7) is 3.51. The van der Waals surface area contributed by atoms with Gasteiger partial charge in [0, 0.05) is 13.1 Å². The minimum Gasteiger partial charge on any atom is -0.494 e. The van der Waals surface area contributed by atoms with Gasteiger partial charge >= 0.3 is 0 Å². The lowest BCUT2D eigenvalue weighted by molar-refractivity contribution is -0.130. The predicted octanol–water partition coefficient (Wildman–Crippen LogP) is 2.83. The molecule has 7 heteroatoms. The number of benzene rings is 2. The van der Waals surface area contributed by atoms with Gasteiger partial charge in [-0.1, -0.05) is 31.2 Å². The van der Waals surface area contributed by atoms with E-state index in [0.717, 1.165) is 29.0 Å². The molecule has 1 heterocycles. The first-order valence-corrected chi connectivity index (χ1v) is 11.3. The summed E-state index contributed by atoms with van der Waals surface area (Å²) in [4.78, 5) is 14.6. The van der Waals surface area contributed by atoms with Crippen molar-refractivity contribution >= 4 is 21.6 Å². The van der Waals surface area contributed by atoms with E-state index in [2.05, 4.69) is 6.07 Å². The molecule has 28 heavy (non-hydrogen) atoms. The largest absolute Gasteiger partial charge is 0.494 e. The summed E-state index contributed by atoms with van der Waals surface area (Å²) >= 11 is 0. The minimum atomic E-state index is -3.60. The van der Waals surface area contributed by atoms with Crippen LogP contribution < -0.4 is 9.04 Å². The third-order valence-electron chi connectivity index (χ3n) is 4.76. The quantitative estimate of drug-likeness (QED) is 0.714. The fraction of sp³-hybridized carbons (Fsp3) is 0.381. The number of anilines is 1. The molecule has 2 aromatic rings. The van der Waals surface area contributed by atoms with E-state index in [4.69, 9.17) is 4.74 Å². The molecule has 0 aromatic heterocycles. The smallest absolute Gasteiger partial charge is 0.243 e. The number of nitrogens with zero attached hydrogens (tertiary/aromatic N) is 2. The Morgan fingerprint density at radius 1 is 1.11 bits per heavy atom. The van der Waals surface area contributed by atoms with Crippen molar-refractivity contribution in [2.75, 3.05) is 30.3 Å². The van der Waals surface area contributed by atoms with E-state index in [9.17, 15) is 13.2 Å². The van der Waals surface area contributed by atoms with Crippen molar-refractivity contribution < 1.29 is 17.9 Å². The van der Waals surface area contributed by atoms with Gasteiger partial charge < -0.3 is 9.64 Å². The molecule has 0 aliphatic carbocycles. The topological polar surface area (TPSA) is 66.9 Å². The number of carbonyl (C=O) groups excluding carboxylic acids is 1. The molecule has 0 saturated heterocycles. The monoisotopic (exact) mass is 402 g/mol. The molecule has 0 bridgehead atoms. The molecule has 150 valence electrons. The van der Waals surface area contributed by atoms with Crippen molar-refractivity contribution in [3.05, 3.63) is 59.7 Å². The Balaban J connectivity index is 1.74. The Morgan fingerprint density at radius 3 is 2.43 bits per heavy atom. The third kappa shape index (κ3) is 4.84. The van der Waals surface area contributed by atoms with Crippen molar-refractivity contribution in [2.24, 2.45) is 0 Å². The lowest BCUT2D eigenvalue weighted by Gasteiger charge is -2.31. The maximum absolute atomic E-state index is 12.8. The number of carbonyl (C=O) groups is 1. The second-order valence-corrected chi connectivity index (χ2v) is 8.85. The lowest BCUT2D eigenvalue weighted by Crippen LogP contribution is -2.44. The second-order valence-electron chi connectivity index (χ2n) is 6.95. The molecule has 0 atom stereocenters. The Hall–Kier alpha value is -2.54. The van der Waals surface area contributed by atoms with Crippen LogP contribution in [0.5, 0.6) is 5.75 Å². The highest BCUT2D eigenvalue weighted by molar-refractivity contribution is 7.92. The molecule has 3 rings (SSSR count). The van der Waals surface area contributed by atoms with Crippen molar-refractivity contribution in [3.63, 3.8) is 0 Å². The van der Waals surface area contributed by atoms with Crippen LogP contribution >= 0.6 is 0 Å². The highest BCUT2D eigenvalue weighted by atomic mass is 32.2. The second kappa shape index (κ2) is 8.65.